The average molecular weight is 192 g/mol. The summed E-state index contributed by atoms with van der Waals surface area (Å²) in [5.41, 5.74) is 1.19. The van der Waals surface area contributed by atoms with Crippen LogP contribution in [0.1, 0.15) is 6.92 Å². The number of hydrogen-bond donors (Lipinski definition) is 2. The van der Waals surface area contributed by atoms with E-state index in [1.807, 2.05) is 12.1 Å². The van der Waals surface area contributed by atoms with Crippen molar-refractivity contribution in [2.45, 2.75) is 13.0 Å². The quantitative estimate of drug-likeness (QED) is 0.701. The molecule has 1 fully saturated rings. The lowest BCUT2D eigenvalue weighted by Crippen LogP contribution is -2.49. The van der Waals surface area contributed by atoms with Crippen LogP contribution < -0.4 is 10.2 Å². The third-order valence-corrected chi connectivity index (χ3v) is 2.68. The fourth-order valence-corrected chi connectivity index (χ4v) is 1.87. The molecule has 2 rings (SSSR count). The number of benzene rings is 1. The first-order valence-electron chi connectivity index (χ1n) is 5.04. The molecule has 0 aliphatic carbocycles. The highest BCUT2D eigenvalue weighted by molar-refractivity contribution is 5.50. The Labute approximate surface area is 84.4 Å². The standard InChI is InChI=1S/C11H16N2O/c1-9-8-12-6-7-13(9)10-2-4-11(14)5-3-10/h2-5,9,12,14H,6-8H2,1H3/t9-/m1/s1. The van der Waals surface area contributed by atoms with Gasteiger partial charge < -0.3 is 15.3 Å². The average Bonchev–Trinajstić information content (AvgIpc) is 2.20. The monoisotopic (exact) mass is 192 g/mol. The largest absolute Gasteiger partial charge is 0.508 e. The van der Waals surface area contributed by atoms with Gasteiger partial charge in [0.05, 0.1) is 0 Å². The van der Waals surface area contributed by atoms with Crippen LogP contribution in [0.15, 0.2) is 24.3 Å². The van der Waals surface area contributed by atoms with E-state index in [2.05, 4.69) is 17.1 Å². The van der Waals surface area contributed by atoms with E-state index in [1.165, 1.54) is 5.69 Å². The second-order valence-electron chi connectivity index (χ2n) is 3.76. The zero-order valence-electron chi connectivity index (χ0n) is 8.40. The summed E-state index contributed by atoms with van der Waals surface area (Å²) in [5.74, 6) is 0.330. The van der Waals surface area contributed by atoms with Gasteiger partial charge in [-0.25, -0.2) is 0 Å². The van der Waals surface area contributed by atoms with E-state index in [0.29, 0.717) is 11.8 Å². The molecule has 0 unspecified atom stereocenters. The van der Waals surface area contributed by atoms with E-state index in [4.69, 9.17) is 0 Å². The van der Waals surface area contributed by atoms with Crippen molar-refractivity contribution in [3.8, 4) is 5.75 Å². The van der Waals surface area contributed by atoms with E-state index in [9.17, 15) is 5.11 Å². The molecule has 1 aliphatic rings. The molecule has 2 N–H and O–H groups in total. The molecule has 0 aromatic heterocycles. The zero-order valence-corrected chi connectivity index (χ0v) is 8.40. The number of nitrogens with zero attached hydrogens (tertiary/aromatic N) is 1. The number of hydrogen-bond acceptors (Lipinski definition) is 3. The lowest BCUT2D eigenvalue weighted by Gasteiger charge is -2.35. The van der Waals surface area contributed by atoms with Crippen molar-refractivity contribution in [1.82, 2.24) is 5.32 Å². The molecule has 1 saturated heterocycles. The SMILES string of the molecule is C[C@@H]1CNCCN1c1ccc(O)cc1. The van der Waals surface area contributed by atoms with Crippen molar-refractivity contribution in [2.24, 2.45) is 0 Å². The molecular formula is C11H16N2O. The van der Waals surface area contributed by atoms with Crippen LogP contribution in [0.2, 0.25) is 0 Å². The second kappa shape index (κ2) is 3.88. The molecule has 1 aromatic carbocycles. The molecular weight excluding hydrogens is 176 g/mol. The minimum absolute atomic E-state index is 0.330. The first-order valence-corrected chi connectivity index (χ1v) is 5.04. The maximum absolute atomic E-state index is 9.19. The number of rotatable bonds is 1. The summed E-state index contributed by atoms with van der Waals surface area (Å²) in [6.07, 6.45) is 0. The van der Waals surface area contributed by atoms with Gasteiger partial charge in [-0.15, -0.1) is 0 Å². The van der Waals surface area contributed by atoms with Crippen LogP contribution in [0.3, 0.4) is 0 Å². The third kappa shape index (κ3) is 1.82. The molecule has 0 radical (unpaired) electrons. The lowest BCUT2D eigenvalue weighted by atomic mass is 10.2. The van der Waals surface area contributed by atoms with Gasteiger partial charge in [0.15, 0.2) is 0 Å². The molecule has 0 spiro atoms. The molecule has 1 heterocycles. The Morgan fingerprint density at radius 2 is 2.07 bits per heavy atom. The molecule has 0 saturated carbocycles. The molecule has 0 bridgehead atoms. The van der Waals surface area contributed by atoms with Crippen LogP contribution >= 0.6 is 0 Å². The van der Waals surface area contributed by atoms with E-state index < -0.39 is 0 Å². The fourth-order valence-electron chi connectivity index (χ4n) is 1.87. The van der Waals surface area contributed by atoms with E-state index >= 15 is 0 Å². The highest BCUT2D eigenvalue weighted by Gasteiger charge is 2.17. The fraction of sp³-hybridized carbons (Fsp3) is 0.455. The van der Waals surface area contributed by atoms with Gasteiger partial charge in [0.2, 0.25) is 0 Å². The van der Waals surface area contributed by atoms with E-state index in [1.54, 1.807) is 12.1 Å². The van der Waals surface area contributed by atoms with Crippen molar-refractivity contribution < 1.29 is 5.11 Å². The number of anilines is 1. The summed E-state index contributed by atoms with van der Waals surface area (Å²) in [6.45, 7) is 5.30. The van der Waals surface area contributed by atoms with Crippen molar-refractivity contribution in [3.05, 3.63) is 24.3 Å². The summed E-state index contributed by atoms with van der Waals surface area (Å²) < 4.78 is 0. The molecule has 3 heteroatoms. The number of piperazine rings is 1. The van der Waals surface area contributed by atoms with Gasteiger partial charge >= 0.3 is 0 Å². The van der Waals surface area contributed by atoms with Crippen molar-refractivity contribution in [2.75, 3.05) is 24.5 Å². The Bertz CT molecular complexity index is 297. The van der Waals surface area contributed by atoms with Crippen molar-refractivity contribution in [1.29, 1.82) is 0 Å². The van der Waals surface area contributed by atoms with Gasteiger partial charge in [0.25, 0.3) is 0 Å². The Kier molecular flexibility index (Phi) is 2.59. The summed E-state index contributed by atoms with van der Waals surface area (Å²) in [4.78, 5) is 2.36. The summed E-state index contributed by atoms with van der Waals surface area (Å²) in [5, 5.41) is 12.5. The first kappa shape index (κ1) is 9.34. The van der Waals surface area contributed by atoms with Gasteiger partial charge in [0.1, 0.15) is 5.75 Å². The van der Waals surface area contributed by atoms with Crippen LogP contribution in [0.5, 0.6) is 5.75 Å². The lowest BCUT2D eigenvalue weighted by molar-refractivity contribution is 0.474. The molecule has 76 valence electrons. The first-order chi connectivity index (χ1) is 6.77. The Hall–Kier alpha value is -1.22. The smallest absolute Gasteiger partial charge is 0.115 e. The molecule has 0 amide bonds. The normalized spacial score (nSPS) is 22.4. The summed E-state index contributed by atoms with van der Waals surface area (Å²) >= 11 is 0. The zero-order chi connectivity index (χ0) is 9.97. The minimum Gasteiger partial charge on any atom is -0.508 e. The third-order valence-electron chi connectivity index (χ3n) is 2.68. The molecule has 14 heavy (non-hydrogen) atoms. The van der Waals surface area contributed by atoms with Gasteiger partial charge in [-0.05, 0) is 31.2 Å². The van der Waals surface area contributed by atoms with Gasteiger partial charge in [-0.2, -0.15) is 0 Å². The summed E-state index contributed by atoms with van der Waals surface area (Å²) in [7, 11) is 0. The number of nitrogens with one attached hydrogen (secondary N) is 1. The van der Waals surface area contributed by atoms with Crippen LogP contribution in [-0.2, 0) is 0 Å². The highest BCUT2D eigenvalue weighted by atomic mass is 16.3. The summed E-state index contributed by atoms with van der Waals surface area (Å²) in [6, 6.07) is 7.94. The predicted octanol–water partition coefficient (Wildman–Crippen LogP) is 1.19. The van der Waals surface area contributed by atoms with Crippen LogP contribution in [0.25, 0.3) is 0 Å². The second-order valence-corrected chi connectivity index (χ2v) is 3.76. The predicted molar refractivity (Wildman–Crippen MR) is 57.8 cm³/mol. The van der Waals surface area contributed by atoms with Gasteiger partial charge in [-0.3, -0.25) is 0 Å². The Balaban J connectivity index is 2.16. The highest BCUT2D eigenvalue weighted by Crippen LogP contribution is 2.20. The van der Waals surface area contributed by atoms with Gasteiger partial charge in [0, 0.05) is 31.4 Å². The molecule has 1 aliphatic heterocycles. The van der Waals surface area contributed by atoms with E-state index in [0.717, 1.165) is 19.6 Å². The topological polar surface area (TPSA) is 35.5 Å². The maximum Gasteiger partial charge on any atom is 0.115 e. The molecule has 1 atom stereocenters. The van der Waals surface area contributed by atoms with Crippen LogP contribution in [-0.4, -0.2) is 30.8 Å². The van der Waals surface area contributed by atoms with Crippen molar-refractivity contribution in [3.63, 3.8) is 0 Å². The molecule has 1 aromatic rings. The van der Waals surface area contributed by atoms with Crippen LogP contribution in [0, 0.1) is 0 Å². The molecule has 3 nitrogen and oxygen atoms in total. The van der Waals surface area contributed by atoms with Crippen molar-refractivity contribution >= 4 is 5.69 Å². The van der Waals surface area contributed by atoms with E-state index in [-0.39, 0.29) is 0 Å². The number of phenolic OH excluding ortho intramolecular Hbond substituents is 1. The Morgan fingerprint density at radius 1 is 1.36 bits per heavy atom. The van der Waals surface area contributed by atoms with Gasteiger partial charge in [-0.1, -0.05) is 0 Å². The van der Waals surface area contributed by atoms with Crippen LogP contribution in [0.4, 0.5) is 5.69 Å². The maximum atomic E-state index is 9.19. The Morgan fingerprint density at radius 3 is 2.71 bits per heavy atom. The minimum atomic E-state index is 0.330. The number of phenols is 1. The number of aromatic hydroxyl groups is 1.